The largest absolute Gasteiger partial charge is 0.245 e. The highest BCUT2D eigenvalue weighted by molar-refractivity contribution is 8.09. The average Bonchev–Trinajstić information content (AvgIpc) is 2.31. The Morgan fingerprint density at radius 3 is 1.93 bits per heavy atom. The molecule has 0 bridgehead atoms. The number of anilines is 1. The lowest BCUT2D eigenvalue weighted by atomic mass is 10.6. The summed E-state index contributed by atoms with van der Waals surface area (Å²) in [6.07, 6.45) is 1.71. The van der Waals surface area contributed by atoms with Gasteiger partial charge in [-0.3, -0.25) is 0 Å². The second kappa shape index (κ2) is 3.52. The fourth-order valence-electron chi connectivity index (χ4n) is 0.990. The van der Waals surface area contributed by atoms with Crippen LogP contribution in [0.25, 0.3) is 0 Å². The van der Waals surface area contributed by atoms with Gasteiger partial charge in [0.1, 0.15) is 0 Å². The molecule has 14 heavy (non-hydrogen) atoms. The Morgan fingerprint density at radius 1 is 1.14 bits per heavy atom. The maximum atomic E-state index is 11.2. The molecule has 1 heterocycles. The SMILES string of the molecule is CS(=O)(=O)N(c1ccsc1)S(C)(=O)=O. The summed E-state index contributed by atoms with van der Waals surface area (Å²) in [6, 6.07) is 1.44. The molecule has 80 valence electrons. The van der Waals surface area contributed by atoms with E-state index in [2.05, 4.69) is 0 Å². The third kappa shape index (κ3) is 2.46. The Morgan fingerprint density at radius 2 is 1.64 bits per heavy atom. The first-order chi connectivity index (χ1) is 6.23. The van der Waals surface area contributed by atoms with Crippen molar-refractivity contribution >= 4 is 37.1 Å². The van der Waals surface area contributed by atoms with Gasteiger partial charge in [0.05, 0.1) is 18.2 Å². The van der Waals surface area contributed by atoms with E-state index in [9.17, 15) is 16.8 Å². The molecule has 0 radical (unpaired) electrons. The van der Waals surface area contributed by atoms with Crippen molar-refractivity contribution in [2.45, 2.75) is 0 Å². The zero-order valence-electron chi connectivity index (χ0n) is 7.54. The van der Waals surface area contributed by atoms with Crippen molar-refractivity contribution in [2.24, 2.45) is 0 Å². The molecule has 0 aliphatic carbocycles. The van der Waals surface area contributed by atoms with Crippen LogP contribution < -0.4 is 3.71 Å². The number of nitrogens with zero attached hydrogens (tertiary/aromatic N) is 1. The summed E-state index contributed by atoms with van der Waals surface area (Å²) >= 11 is 1.23. The van der Waals surface area contributed by atoms with Crippen LogP contribution in [0.1, 0.15) is 0 Å². The van der Waals surface area contributed by atoms with Crippen molar-refractivity contribution in [3.05, 3.63) is 16.8 Å². The molecule has 1 rings (SSSR count). The van der Waals surface area contributed by atoms with Gasteiger partial charge in [-0.15, -0.1) is 0 Å². The maximum Gasteiger partial charge on any atom is 0.245 e. The van der Waals surface area contributed by atoms with Crippen molar-refractivity contribution in [1.29, 1.82) is 0 Å². The monoisotopic (exact) mass is 255 g/mol. The highest BCUT2D eigenvalue weighted by Crippen LogP contribution is 2.23. The van der Waals surface area contributed by atoms with Crippen LogP contribution in [0.5, 0.6) is 0 Å². The molecule has 5 nitrogen and oxygen atoms in total. The predicted molar refractivity (Wildman–Crippen MR) is 56.5 cm³/mol. The first kappa shape index (κ1) is 11.5. The third-order valence-corrected chi connectivity index (χ3v) is 5.24. The van der Waals surface area contributed by atoms with Crippen LogP contribution in [-0.2, 0) is 20.0 Å². The summed E-state index contributed by atoms with van der Waals surface area (Å²) in [4.78, 5) is 0. The molecular weight excluding hydrogens is 246 g/mol. The molecule has 0 fully saturated rings. The predicted octanol–water partition coefficient (Wildman–Crippen LogP) is 0.474. The quantitative estimate of drug-likeness (QED) is 0.787. The van der Waals surface area contributed by atoms with Crippen LogP contribution in [0.4, 0.5) is 5.69 Å². The number of thiophene rings is 1. The first-order valence-electron chi connectivity index (χ1n) is 3.45. The van der Waals surface area contributed by atoms with Gasteiger partial charge in [0, 0.05) is 5.38 Å². The molecule has 8 heteroatoms. The molecule has 0 saturated carbocycles. The highest BCUT2D eigenvalue weighted by Gasteiger charge is 2.27. The van der Waals surface area contributed by atoms with E-state index >= 15 is 0 Å². The smallest absolute Gasteiger partial charge is 0.206 e. The Labute approximate surface area is 87.1 Å². The van der Waals surface area contributed by atoms with Crippen molar-refractivity contribution in [3.8, 4) is 0 Å². The van der Waals surface area contributed by atoms with E-state index in [0.29, 0.717) is 3.71 Å². The average molecular weight is 255 g/mol. The molecular formula is C6H9NO4S3. The van der Waals surface area contributed by atoms with Crippen LogP contribution in [0.15, 0.2) is 16.8 Å². The summed E-state index contributed by atoms with van der Waals surface area (Å²) in [5, 5.41) is 3.07. The van der Waals surface area contributed by atoms with Gasteiger partial charge in [0.2, 0.25) is 20.0 Å². The fourth-order valence-corrected chi connectivity index (χ4v) is 4.70. The summed E-state index contributed by atoms with van der Waals surface area (Å²) in [6.45, 7) is 0. The molecule has 0 spiro atoms. The van der Waals surface area contributed by atoms with Gasteiger partial charge in [-0.2, -0.15) is 15.0 Å². The number of sulfonamides is 2. The van der Waals surface area contributed by atoms with E-state index in [1.165, 1.54) is 22.8 Å². The van der Waals surface area contributed by atoms with E-state index in [1.807, 2.05) is 0 Å². The Balaban J connectivity index is 3.37. The van der Waals surface area contributed by atoms with Crippen LogP contribution in [0, 0.1) is 0 Å². The summed E-state index contributed by atoms with van der Waals surface area (Å²) in [5.74, 6) is 0. The van der Waals surface area contributed by atoms with Gasteiger partial charge in [-0.25, -0.2) is 16.8 Å². The Kier molecular flexibility index (Phi) is 2.88. The molecule has 0 amide bonds. The van der Waals surface area contributed by atoms with Crippen LogP contribution in [-0.4, -0.2) is 29.3 Å². The van der Waals surface area contributed by atoms with Gasteiger partial charge in [-0.1, -0.05) is 0 Å². The summed E-state index contributed by atoms with van der Waals surface area (Å²) < 4.78 is 45.3. The minimum Gasteiger partial charge on any atom is -0.206 e. The van der Waals surface area contributed by atoms with Crippen LogP contribution >= 0.6 is 11.3 Å². The summed E-state index contributed by atoms with van der Waals surface area (Å²) in [7, 11) is -7.59. The fraction of sp³-hybridized carbons (Fsp3) is 0.333. The Hall–Kier alpha value is -0.600. The van der Waals surface area contributed by atoms with Gasteiger partial charge in [-0.05, 0) is 11.4 Å². The van der Waals surface area contributed by atoms with Crippen molar-refractivity contribution in [3.63, 3.8) is 0 Å². The third-order valence-electron chi connectivity index (χ3n) is 1.32. The van der Waals surface area contributed by atoms with Crippen molar-refractivity contribution in [2.75, 3.05) is 16.2 Å². The molecule has 0 N–H and O–H groups in total. The van der Waals surface area contributed by atoms with E-state index in [1.54, 1.807) is 5.38 Å². The minimum absolute atomic E-state index is 0.153. The van der Waals surface area contributed by atoms with Crippen molar-refractivity contribution in [1.82, 2.24) is 0 Å². The number of rotatable bonds is 3. The van der Waals surface area contributed by atoms with E-state index in [4.69, 9.17) is 0 Å². The lowest BCUT2D eigenvalue weighted by Gasteiger charge is -2.17. The molecule has 0 aliphatic heterocycles. The van der Waals surface area contributed by atoms with Crippen molar-refractivity contribution < 1.29 is 16.8 Å². The second-order valence-corrected chi connectivity index (χ2v) is 7.38. The maximum absolute atomic E-state index is 11.2. The molecule has 0 atom stereocenters. The molecule has 0 unspecified atom stereocenters. The Bertz CT molecular complexity index is 467. The van der Waals surface area contributed by atoms with Gasteiger partial charge in [0.15, 0.2) is 0 Å². The lowest BCUT2D eigenvalue weighted by molar-refractivity contribution is 0.591. The topological polar surface area (TPSA) is 71.5 Å². The second-order valence-electron chi connectivity index (χ2n) is 2.70. The van der Waals surface area contributed by atoms with E-state index in [-0.39, 0.29) is 5.69 Å². The molecule has 1 aromatic heterocycles. The minimum atomic E-state index is -3.79. The summed E-state index contributed by atoms with van der Waals surface area (Å²) in [5.41, 5.74) is 0.153. The van der Waals surface area contributed by atoms with Crippen LogP contribution in [0.2, 0.25) is 0 Å². The van der Waals surface area contributed by atoms with E-state index in [0.717, 1.165) is 12.5 Å². The van der Waals surface area contributed by atoms with E-state index < -0.39 is 20.0 Å². The van der Waals surface area contributed by atoms with Gasteiger partial charge < -0.3 is 0 Å². The highest BCUT2D eigenvalue weighted by atomic mass is 32.3. The molecule has 0 aromatic carbocycles. The number of hydrogen-bond acceptors (Lipinski definition) is 5. The molecule has 1 aromatic rings. The first-order valence-corrected chi connectivity index (χ1v) is 8.09. The normalized spacial score (nSPS) is 12.7. The molecule has 0 saturated heterocycles. The zero-order valence-corrected chi connectivity index (χ0v) is 9.99. The lowest BCUT2D eigenvalue weighted by Crippen LogP contribution is -2.34. The zero-order chi connectivity index (χ0) is 11.0. The molecule has 0 aliphatic rings. The number of hydrogen-bond donors (Lipinski definition) is 0. The van der Waals surface area contributed by atoms with Gasteiger partial charge >= 0.3 is 0 Å². The van der Waals surface area contributed by atoms with Gasteiger partial charge in [0.25, 0.3) is 0 Å². The standard InChI is InChI=1S/C6H9NO4S3/c1-13(8,9)7(14(2,10)11)6-3-4-12-5-6/h3-5H,1-2H3. The van der Waals surface area contributed by atoms with Crippen LogP contribution in [0.3, 0.4) is 0 Å².